The van der Waals surface area contributed by atoms with Gasteiger partial charge in [0.05, 0.1) is 5.60 Å². The van der Waals surface area contributed by atoms with E-state index < -0.39 is 5.60 Å². The highest BCUT2D eigenvalue weighted by Crippen LogP contribution is 2.25. The standard InChI is InChI=1S/C11H23NOS/c1-9-7-12(8-10(2)14-9)6-5-11(3,4)13/h9-10,13H,5-8H2,1-4H3. The van der Waals surface area contributed by atoms with Gasteiger partial charge in [-0.1, -0.05) is 13.8 Å². The van der Waals surface area contributed by atoms with E-state index in [1.165, 1.54) is 13.1 Å². The normalized spacial score (nSPS) is 30.6. The van der Waals surface area contributed by atoms with Crippen LogP contribution in [-0.2, 0) is 0 Å². The van der Waals surface area contributed by atoms with Crippen molar-refractivity contribution in [3.63, 3.8) is 0 Å². The second kappa shape index (κ2) is 4.86. The third-order valence-corrected chi connectivity index (χ3v) is 3.76. The average molecular weight is 217 g/mol. The third kappa shape index (κ3) is 4.67. The van der Waals surface area contributed by atoms with E-state index in [0.717, 1.165) is 23.5 Å². The van der Waals surface area contributed by atoms with Crippen molar-refractivity contribution >= 4 is 11.8 Å². The van der Waals surface area contributed by atoms with E-state index >= 15 is 0 Å². The van der Waals surface area contributed by atoms with Crippen LogP contribution in [0.25, 0.3) is 0 Å². The lowest BCUT2D eigenvalue weighted by molar-refractivity contribution is 0.0574. The van der Waals surface area contributed by atoms with Gasteiger partial charge in [0.15, 0.2) is 0 Å². The fourth-order valence-electron chi connectivity index (χ4n) is 1.90. The Morgan fingerprint density at radius 2 is 1.79 bits per heavy atom. The summed E-state index contributed by atoms with van der Waals surface area (Å²) >= 11 is 2.07. The molecule has 2 atom stereocenters. The molecule has 3 heteroatoms. The first-order chi connectivity index (χ1) is 6.37. The summed E-state index contributed by atoms with van der Waals surface area (Å²) in [5.41, 5.74) is -0.517. The number of hydrogen-bond acceptors (Lipinski definition) is 3. The lowest BCUT2D eigenvalue weighted by atomic mass is 10.1. The summed E-state index contributed by atoms with van der Waals surface area (Å²) in [6.45, 7) is 11.7. The van der Waals surface area contributed by atoms with Crippen LogP contribution in [-0.4, -0.2) is 45.7 Å². The Hall–Kier alpha value is 0.270. The van der Waals surface area contributed by atoms with Gasteiger partial charge >= 0.3 is 0 Å². The van der Waals surface area contributed by atoms with Crippen LogP contribution in [0.4, 0.5) is 0 Å². The Bertz CT molecular complexity index is 169. The van der Waals surface area contributed by atoms with E-state index in [-0.39, 0.29) is 0 Å². The molecular weight excluding hydrogens is 194 g/mol. The molecule has 0 aromatic carbocycles. The van der Waals surface area contributed by atoms with Crippen molar-refractivity contribution in [1.29, 1.82) is 0 Å². The van der Waals surface area contributed by atoms with E-state index in [2.05, 4.69) is 30.5 Å². The Balaban J connectivity index is 2.30. The first-order valence-corrected chi connectivity index (χ1v) is 6.41. The fourth-order valence-corrected chi connectivity index (χ4v) is 3.29. The van der Waals surface area contributed by atoms with Crippen LogP contribution in [0.1, 0.15) is 34.1 Å². The minimum atomic E-state index is -0.517. The molecule has 0 spiro atoms. The van der Waals surface area contributed by atoms with E-state index in [0.29, 0.717) is 0 Å². The Morgan fingerprint density at radius 1 is 1.29 bits per heavy atom. The van der Waals surface area contributed by atoms with Crippen LogP contribution in [0.15, 0.2) is 0 Å². The molecule has 0 aliphatic carbocycles. The molecule has 2 nitrogen and oxygen atoms in total. The second-order valence-electron chi connectivity index (χ2n) is 5.08. The molecule has 1 heterocycles. The Kier molecular flexibility index (Phi) is 4.29. The van der Waals surface area contributed by atoms with Gasteiger partial charge in [-0.15, -0.1) is 0 Å². The van der Waals surface area contributed by atoms with Gasteiger partial charge in [0.2, 0.25) is 0 Å². The van der Waals surface area contributed by atoms with Crippen LogP contribution in [0.2, 0.25) is 0 Å². The summed E-state index contributed by atoms with van der Waals surface area (Å²) < 4.78 is 0. The number of hydrogen-bond donors (Lipinski definition) is 1. The smallest absolute Gasteiger partial charge is 0.0603 e. The number of aliphatic hydroxyl groups is 1. The predicted octanol–water partition coefficient (Wildman–Crippen LogP) is 1.97. The molecule has 0 aromatic rings. The SMILES string of the molecule is CC1CN(CCC(C)(C)O)CC(C)S1. The van der Waals surface area contributed by atoms with Gasteiger partial charge in [-0.3, -0.25) is 0 Å². The van der Waals surface area contributed by atoms with Gasteiger partial charge in [0.25, 0.3) is 0 Å². The van der Waals surface area contributed by atoms with Crippen LogP contribution in [0.5, 0.6) is 0 Å². The summed E-state index contributed by atoms with van der Waals surface area (Å²) in [5, 5.41) is 11.1. The minimum Gasteiger partial charge on any atom is -0.390 e. The van der Waals surface area contributed by atoms with E-state index in [1.807, 2.05) is 13.8 Å². The average Bonchev–Trinajstić information content (AvgIpc) is 1.97. The molecule has 2 unspecified atom stereocenters. The molecule has 0 bridgehead atoms. The Morgan fingerprint density at radius 3 is 2.21 bits per heavy atom. The summed E-state index contributed by atoms with van der Waals surface area (Å²) in [4.78, 5) is 2.48. The van der Waals surface area contributed by atoms with Crippen LogP contribution in [0, 0.1) is 0 Å². The van der Waals surface area contributed by atoms with Gasteiger partial charge in [-0.25, -0.2) is 0 Å². The summed E-state index contributed by atoms with van der Waals surface area (Å²) in [7, 11) is 0. The highest BCUT2D eigenvalue weighted by Gasteiger charge is 2.23. The predicted molar refractivity (Wildman–Crippen MR) is 63.9 cm³/mol. The maximum Gasteiger partial charge on any atom is 0.0603 e. The van der Waals surface area contributed by atoms with Crippen molar-refractivity contribution in [3.05, 3.63) is 0 Å². The summed E-state index contributed by atoms with van der Waals surface area (Å²) in [6, 6.07) is 0. The molecule has 0 saturated carbocycles. The zero-order valence-corrected chi connectivity index (χ0v) is 10.6. The lowest BCUT2D eigenvalue weighted by Gasteiger charge is -2.35. The summed E-state index contributed by atoms with van der Waals surface area (Å²) in [5.74, 6) is 0. The molecule has 0 radical (unpaired) electrons. The summed E-state index contributed by atoms with van der Waals surface area (Å²) in [6.07, 6.45) is 0.872. The topological polar surface area (TPSA) is 23.5 Å². The van der Waals surface area contributed by atoms with Gasteiger partial charge in [0, 0.05) is 30.1 Å². The monoisotopic (exact) mass is 217 g/mol. The third-order valence-electron chi connectivity index (χ3n) is 2.54. The highest BCUT2D eigenvalue weighted by atomic mass is 32.2. The zero-order valence-electron chi connectivity index (χ0n) is 9.79. The molecule has 0 aromatic heterocycles. The lowest BCUT2D eigenvalue weighted by Crippen LogP contribution is -2.42. The van der Waals surface area contributed by atoms with Crippen molar-refractivity contribution in [1.82, 2.24) is 4.90 Å². The van der Waals surface area contributed by atoms with Gasteiger partial charge in [0.1, 0.15) is 0 Å². The number of nitrogens with zero attached hydrogens (tertiary/aromatic N) is 1. The van der Waals surface area contributed by atoms with E-state index in [9.17, 15) is 5.11 Å². The molecular formula is C11H23NOS. The van der Waals surface area contributed by atoms with Crippen LogP contribution >= 0.6 is 11.8 Å². The maximum absolute atomic E-state index is 9.65. The van der Waals surface area contributed by atoms with Crippen molar-refractivity contribution < 1.29 is 5.11 Å². The van der Waals surface area contributed by atoms with Gasteiger partial charge < -0.3 is 10.0 Å². The molecule has 1 N–H and O–H groups in total. The molecule has 1 fully saturated rings. The molecule has 84 valence electrons. The van der Waals surface area contributed by atoms with Crippen LogP contribution < -0.4 is 0 Å². The molecule has 1 saturated heterocycles. The second-order valence-corrected chi connectivity index (χ2v) is 6.96. The van der Waals surface area contributed by atoms with Crippen LogP contribution in [0.3, 0.4) is 0 Å². The van der Waals surface area contributed by atoms with Crippen molar-refractivity contribution in [2.24, 2.45) is 0 Å². The molecule has 14 heavy (non-hydrogen) atoms. The van der Waals surface area contributed by atoms with Gasteiger partial charge in [-0.05, 0) is 20.3 Å². The van der Waals surface area contributed by atoms with E-state index in [4.69, 9.17) is 0 Å². The van der Waals surface area contributed by atoms with Gasteiger partial charge in [-0.2, -0.15) is 11.8 Å². The highest BCUT2D eigenvalue weighted by molar-refractivity contribution is 8.00. The maximum atomic E-state index is 9.65. The minimum absolute atomic E-state index is 0.517. The largest absolute Gasteiger partial charge is 0.390 e. The quantitative estimate of drug-likeness (QED) is 0.782. The van der Waals surface area contributed by atoms with Crippen molar-refractivity contribution in [3.8, 4) is 0 Å². The van der Waals surface area contributed by atoms with Crippen molar-refractivity contribution in [2.75, 3.05) is 19.6 Å². The number of rotatable bonds is 3. The molecule has 1 rings (SSSR count). The molecule has 0 amide bonds. The molecule has 1 aliphatic heterocycles. The van der Waals surface area contributed by atoms with E-state index in [1.54, 1.807) is 0 Å². The molecule has 1 aliphatic rings. The Labute approximate surface area is 92.1 Å². The zero-order chi connectivity index (χ0) is 10.8. The fraction of sp³-hybridized carbons (Fsp3) is 1.00. The number of thioether (sulfide) groups is 1. The first kappa shape index (κ1) is 12.3. The first-order valence-electron chi connectivity index (χ1n) is 5.47. The van der Waals surface area contributed by atoms with Crippen molar-refractivity contribution in [2.45, 2.75) is 50.2 Å².